The molecular formula is C10H21NO3. The topological polar surface area (TPSA) is 52.9 Å². The van der Waals surface area contributed by atoms with Gasteiger partial charge < -0.3 is 0 Å². The van der Waals surface area contributed by atoms with E-state index in [2.05, 4.69) is 20.8 Å². The zero-order chi connectivity index (χ0) is 10.7. The van der Waals surface area contributed by atoms with Crippen LogP contribution in [0.2, 0.25) is 0 Å². The predicted molar refractivity (Wildman–Crippen MR) is 51.6 cm³/mol. The van der Waals surface area contributed by atoms with E-state index in [-0.39, 0.29) is 11.5 Å². The first-order chi connectivity index (χ1) is 6.50. The van der Waals surface area contributed by atoms with Crippen molar-refractivity contribution in [2.45, 2.75) is 46.1 Å². The van der Waals surface area contributed by atoms with Crippen LogP contribution in [0, 0.1) is 17.8 Å². The van der Waals surface area contributed by atoms with Crippen LogP contribution in [0.3, 0.4) is 0 Å². The average molecular weight is 203 g/mol. The molecule has 0 bridgehead atoms. The van der Waals surface area contributed by atoms with Crippen molar-refractivity contribution >= 4 is 0 Å². The Morgan fingerprint density at radius 1 is 1.29 bits per heavy atom. The number of hydrogen-bond acceptors (Lipinski definition) is 4. The molecule has 0 amide bonds. The van der Waals surface area contributed by atoms with Crippen LogP contribution in [-0.4, -0.2) is 21.9 Å². The van der Waals surface area contributed by atoms with Crippen molar-refractivity contribution < 1.29 is 15.3 Å². The zero-order valence-corrected chi connectivity index (χ0v) is 9.18. The molecule has 2 N–H and O–H groups in total. The smallest absolute Gasteiger partial charge is 0.0877 e. The standard InChI is InChI=1S/C10H21NO3/c1-7(2)9-5-4-8(3)6-10(9)14-11(12)13/h7-10,12-13H,4-6H2,1-3H3/t8?,9-,10-/m0/s1. The van der Waals surface area contributed by atoms with E-state index in [1.54, 1.807) is 0 Å². The van der Waals surface area contributed by atoms with E-state index >= 15 is 0 Å². The van der Waals surface area contributed by atoms with Gasteiger partial charge in [-0.25, -0.2) is 4.84 Å². The Bertz CT molecular complexity index is 171. The molecule has 0 heterocycles. The fourth-order valence-electron chi connectivity index (χ4n) is 2.36. The number of nitrogens with zero attached hydrogens (tertiary/aromatic N) is 1. The Hall–Kier alpha value is -0.160. The average Bonchev–Trinajstić information content (AvgIpc) is 2.01. The third-order valence-corrected chi connectivity index (χ3v) is 3.19. The van der Waals surface area contributed by atoms with E-state index in [0.29, 0.717) is 17.8 Å². The minimum absolute atomic E-state index is 0.0613. The van der Waals surface area contributed by atoms with Gasteiger partial charge in [0.05, 0.1) is 11.5 Å². The minimum atomic E-state index is -0.141. The Morgan fingerprint density at radius 2 is 1.93 bits per heavy atom. The van der Waals surface area contributed by atoms with Crippen molar-refractivity contribution in [2.75, 3.05) is 0 Å². The molecule has 0 aliphatic heterocycles. The highest BCUT2D eigenvalue weighted by molar-refractivity contribution is 4.80. The Balaban J connectivity index is 2.54. The first-order valence-corrected chi connectivity index (χ1v) is 5.35. The van der Waals surface area contributed by atoms with E-state index in [1.807, 2.05) is 0 Å². The first kappa shape index (κ1) is 11.9. The van der Waals surface area contributed by atoms with Gasteiger partial charge in [0.2, 0.25) is 0 Å². The summed E-state index contributed by atoms with van der Waals surface area (Å²) < 4.78 is 0. The quantitative estimate of drug-likeness (QED) is 0.692. The van der Waals surface area contributed by atoms with Crippen LogP contribution in [-0.2, 0) is 4.84 Å². The van der Waals surface area contributed by atoms with Gasteiger partial charge in [0, 0.05) is 0 Å². The lowest BCUT2D eigenvalue weighted by molar-refractivity contribution is -0.510. The van der Waals surface area contributed by atoms with Gasteiger partial charge in [-0.15, -0.1) is 0 Å². The second-order valence-corrected chi connectivity index (χ2v) is 4.72. The van der Waals surface area contributed by atoms with Crippen LogP contribution in [0.1, 0.15) is 40.0 Å². The van der Waals surface area contributed by atoms with Gasteiger partial charge in [-0.3, -0.25) is 10.4 Å². The molecule has 0 radical (unpaired) electrons. The largest absolute Gasteiger partial charge is 0.266 e. The molecule has 14 heavy (non-hydrogen) atoms. The van der Waals surface area contributed by atoms with Crippen LogP contribution in [0.5, 0.6) is 0 Å². The summed E-state index contributed by atoms with van der Waals surface area (Å²) in [6.07, 6.45) is 3.16. The molecule has 1 unspecified atom stereocenters. The lowest BCUT2D eigenvalue weighted by Gasteiger charge is -2.36. The molecule has 4 nitrogen and oxygen atoms in total. The molecule has 1 fully saturated rings. The zero-order valence-electron chi connectivity index (χ0n) is 9.18. The van der Waals surface area contributed by atoms with Gasteiger partial charge >= 0.3 is 0 Å². The minimum Gasteiger partial charge on any atom is -0.266 e. The molecule has 1 rings (SSSR count). The third kappa shape index (κ3) is 3.20. The molecule has 3 atom stereocenters. The summed E-state index contributed by atoms with van der Waals surface area (Å²) >= 11 is 0. The van der Waals surface area contributed by atoms with Crippen molar-refractivity contribution in [3.05, 3.63) is 0 Å². The molecule has 4 heteroatoms. The fraction of sp³-hybridized carbons (Fsp3) is 1.00. The van der Waals surface area contributed by atoms with Crippen molar-refractivity contribution in [1.82, 2.24) is 5.39 Å². The van der Waals surface area contributed by atoms with Gasteiger partial charge in [0.15, 0.2) is 0 Å². The molecule has 0 saturated heterocycles. The van der Waals surface area contributed by atoms with Crippen molar-refractivity contribution in [3.8, 4) is 0 Å². The van der Waals surface area contributed by atoms with Gasteiger partial charge in [-0.2, -0.15) is 0 Å². The van der Waals surface area contributed by atoms with E-state index in [0.717, 1.165) is 12.8 Å². The summed E-state index contributed by atoms with van der Waals surface area (Å²) in [5.74, 6) is 1.55. The highest BCUT2D eigenvalue weighted by atomic mass is 17.1. The molecule has 1 saturated carbocycles. The summed E-state index contributed by atoms with van der Waals surface area (Å²) in [5.41, 5.74) is 0. The van der Waals surface area contributed by atoms with E-state index in [9.17, 15) is 0 Å². The Labute approximate surface area is 85.3 Å². The molecule has 0 aromatic rings. The summed E-state index contributed by atoms with van der Waals surface area (Å²) in [4.78, 5) is 4.98. The SMILES string of the molecule is CC1CC[C@@H](C(C)C)[C@@H](ON(O)O)C1. The summed E-state index contributed by atoms with van der Waals surface area (Å²) in [7, 11) is 0. The normalized spacial score (nSPS) is 34.1. The van der Waals surface area contributed by atoms with Crippen LogP contribution in [0.25, 0.3) is 0 Å². The van der Waals surface area contributed by atoms with E-state index < -0.39 is 0 Å². The maximum absolute atomic E-state index is 8.66. The maximum Gasteiger partial charge on any atom is 0.0877 e. The summed E-state index contributed by atoms with van der Waals surface area (Å²) in [6.45, 7) is 6.47. The third-order valence-electron chi connectivity index (χ3n) is 3.19. The van der Waals surface area contributed by atoms with Gasteiger partial charge in [0.25, 0.3) is 0 Å². The Kier molecular flexibility index (Phi) is 4.31. The monoisotopic (exact) mass is 203 g/mol. The molecular weight excluding hydrogens is 182 g/mol. The molecule has 1 aliphatic carbocycles. The maximum atomic E-state index is 8.66. The predicted octanol–water partition coefficient (Wildman–Crippen LogP) is 2.46. The second-order valence-electron chi connectivity index (χ2n) is 4.72. The molecule has 84 valence electrons. The van der Waals surface area contributed by atoms with Gasteiger partial charge in [0.1, 0.15) is 0 Å². The van der Waals surface area contributed by atoms with E-state index in [1.165, 1.54) is 6.42 Å². The van der Waals surface area contributed by atoms with Crippen molar-refractivity contribution in [2.24, 2.45) is 17.8 Å². The summed E-state index contributed by atoms with van der Waals surface area (Å²) in [5, 5.41) is 17.2. The molecule has 0 spiro atoms. The van der Waals surface area contributed by atoms with E-state index in [4.69, 9.17) is 15.3 Å². The lowest BCUT2D eigenvalue weighted by Crippen LogP contribution is -2.37. The highest BCUT2D eigenvalue weighted by Crippen LogP contribution is 2.35. The second kappa shape index (κ2) is 5.07. The lowest BCUT2D eigenvalue weighted by atomic mass is 9.75. The van der Waals surface area contributed by atoms with Crippen LogP contribution < -0.4 is 0 Å². The summed E-state index contributed by atoms with van der Waals surface area (Å²) in [6, 6.07) is 0. The highest BCUT2D eigenvalue weighted by Gasteiger charge is 2.32. The number of hydrogen-bond donors (Lipinski definition) is 2. The van der Waals surface area contributed by atoms with Crippen molar-refractivity contribution in [1.29, 1.82) is 0 Å². The van der Waals surface area contributed by atoms with Gasteiger partial charge in [-0.05, 0) is 30.6 Å². The fourth-order valence-corrected chi connectivity index (χ4v) is 2.36. The van der Waals surface area contributed by atoms with Crippen LogP contribution in [0.4, 0.5) is 0 Å². The number of rotatable bonds is 3. The molecule has 0 aromatic carbocycles. The van der Waals surface area contributed by atoms with Gasteiger partial charge in [-0.1, -0.05) is 27.2 Å². The van der Waals surface area contributed by atoms with Crippen molar-refractivity contribution in [3.63, 3.8) is 0 Å². The molecule has 1 aliphatic rings. The Morgan fingerprint density at radius 3 is 2.43 bits per heavy atom. The van der Waals surface area contributed by atoms with Crippen LogP contribution in [0.15, 0.2) is 0 Å². The van der Waals surface area contributed by atoms with Crippen LogP contribution >= 0.6 is 0 Å². The first-order valence-electron chi connectivity index (χ1n) is 5.35. The molecule has 0 aromatic heterocycles.